The number of benzene rings is 1. The maximum Gasteiger partial charge on any atom is 0.410 e. The largest absolute Gasteiger partial charge is 0.444 e. The number of rotatable bonds is 2. The summed E-state index contributed by atoms with van der Waals surface area (Å²) in [5, 5.41) is 0. The predicted octanol–water partition coefficient (Wildman–Crippen LogP) is 3.52. The highest BCUT2D eigenvalue weighted by Gasteiger charge is 2.28. The molecule has 1 aromatic rings. The second kappa shape index (κ2) is 7.14. The van der Waals surface area contributed by atoms with Crippen LogP contribution in [0.4, 0.5) is 4.79 Å². The first-order valence-corrected chi connectivity index (χ1v) is 8.11. The molecule has 0 saturated carbocycles. The van der Waals surface area contributed by atoms with Crippen molar-refractivity contribution in [2.75, 3.05) is 19.6 Å². The molecule has 1 aromatic carbocycles. The van der Waals surface area contributed by atoms with Crippen molar-refractivity contribution in [3.8, 4) is 0 Å². The lowest BCUT2D eigenvalue weighted by molar-refractivity contribution is 0.0186. The van der Waals surface area contributed by atoms with Crippen molar-refractivity contribution in [3.05, 3.63) is 35.9 Å². The van der Waals surface area contributed by atoms with E-state index in [9.17, 15) is 4.79 Å². The van der Waals surface area contributed by atoms with Gasteiger partial charge in [0.1, 0.15) is 5.60 Å². The fourth-order valence-corrected chi connectivity index (χ4v) is 2.70. The van der Waals surface area contributed by atoms with Crippen LogP contribution in [-0.4, -0.2) is 47.2 Å². The monoisotopic (exact) mass is 304 g/mol. The highest BCUT2D eigenvalue weighted by molar-refractivity contribution is 5.68. The van der Waals surface area contributed by atoms with Crippen LogP contribution in [0, 0.1) is 0 Å². The molecule has 2 rings (SSSR count). The minimum absolute atomic E-state index is 0.193. The van der Waals surface area contributed by atoms with Gasteiger partial charge < -0.3 is 9.64 Å². The van der Waals surface area contributed by atoms with Gasteiger partial charge in [0.15, 0.2) is 0 Å². The molecule has 1 amide bonds. The van der Waals surface area contributed by atoms with Crippen molar-refractivity contribution in [3.63, 3.8) is 0 Å². The zero-order valence-corrected chi connectivity index (χ0v) is 14.2. The average Bonchev–Trinajstić information content (AvgIpc) is 2.61. The smallest absolute Gasteiger partial charge is 0.410 e. The van der Waals surface area contributed by atoms with Gasteiger partial charge in [-0.2, -0.15) is 0 Å². The van der Waals surface area contributed by atoms with Crippen molar-refractivity contribution in [2.24, 2.45) is 0 Å². The van der Waals surface area contributed by atoms with Crippen LogP contribution in [0.3, 0.4) is 0 Å². The number of hydrogen-bond acceptors (Lipinski definition) is 3. The molecular formula is C18H28N2O2. The maximum absolute atomic E-state index is 12.3. The Morgan fingerprint density at radius 3 is 2.50 bits per heavy atom. The molecule has 1 aliphatic rings. The average molecular weight is 304 g/mol. The fourth-order valence-electron chi connectivity index (χ4n) is 2.70. The molecule has 0 spiro atoms. The van der Waals surface area contributed by atoms with E-state index in [1.54, 1.807) is 0 Å². The first-order valence-electron chi connectivity index (χ1n) is 8.11. The minimum atomic E-state index is -0.438. The second-order valence-corrected chi connectivity index (χ2v) is 7.07. The summed E-state index contributed by atoms with van der Waals surface area (Å²) in [5.41, 5.74) is 0.883. The van der Waals surface area contributed by atoms with Gasteiger partial charge in [-0.1, -0.05) is 30.3 Å². The third-order valence-corrected chi connectivity index (χ3v) is 3.93. The van der Waals surface area contributed by atoms with Crippen LogP contribution < -0.4 is 0 Å². The van der Waals surface area contributed by atoms with E-state index in [0.717, 1.165) is 32.6 Å². The first kappa shape index (κ1) is 16.8. The van der Waals surface area contributed by atoms with Gasteiger partial charge in [0.05, 0.1) is 0 Å². The molecule has 1 saturated heterocycles. The molecule has 1 heterocycles. The van der Waals surface area contributed by atoms with Gasteiger partial charge >= 0.3 is 6.09 Å². The lowest BCUT2D eigenvalue weighted by atomic mass is 10.2. The quantitative estimate of drug-likeness (QED) is 0.838. The van der Waals surface area contributed by atoms with Gasteiger partial charge in [-0.25, -0.2) is 4.79 Å². The number of carbonyl (C=O) groups is 1. The highest BCUT2D eigenvalue weighted by atomic mass is 16.6. The lowest BCUT2D eigenvalue weighted by Gasteiger charge is -2.30. The molecule has 0 aromatic heterocycles. The maximum atomic E-state index is 12.3. The molecular weight excluding hydrogens is 276 g/mol. The molecule has 122 valence electrons. The Bertz CT molecular complexity index is 482. The Morgan fingerprint density at radius 2 is 1.86 bits per heavy atom. The number of amides is 1. The molecule has 0 radical (unpaired) electrons. The molecule has 1 fully saturated rings. The molecule has 1 atom stereocenters. The van der Waals surface area contributed by atoms with E-state index < -0.39 is 5.60 Å². The summed E-state index contributed by atoms with van der Waals surface area (Å²) in [5.74, 6) is 0. The van der Waals surface area contributed by atoms with Crippen molar-refractivity contribution >= 4 is 6.09 Å². The Labute approximate surface area is 134 Å². The van der Waals surface area contributed by atoms with Crippen LogP contribution in [0.5, 0.6) is 0 Å². The van der Waals surface area contributed by atoms with Gasteiger partial charge in [-0.3, -0.25) is 4.90 Å². The van der Waals surface area contributed by atoms with E-state index in [0.29, 0.717) is 0 Å². The van der Waals surface area contributed by atoms with E-state index in [2.05, 4.69) is 36.1 Å². The van der Waals surface area contributed by atoms with Crippen molar-refractivity contribution in [1.29, 1.82) is 0 Å². The Morgan fingerprint density at radius 1 is 1.18 bits per heavy atom. The van der Waals surface area contributed by atoms with Gasteiger partial charge in [0, 0.05) is 32.2 Å². The first-order chi connectivity index (χ1) is 10.3. The van der Waals surface area contributed by atoms with E-state index in [4.69, 9.17) is 4.74 Å². The van der Waals surface area contributed by atoms with E-state index in [-0.39, 0.29) is 12.1 Å². The molecule has 0 N–H and O–H groups in total. The lowest BCUT2D eigenvalue weighted by Crippen LogP contribution is -2.43. The third-order valence-electron chi connectivity index (χ3n) is 3.93. The van der Waals surface area contributed by atoms with Crippen LogP contribution in [-0.2, 0) is 11.3 Å². The summed E-state index contributed by atoms with van der Waals surface area (Å²) in [7, 11) is 0. The van der Waals surface area contributed by atoms with Gasteiger partial charge in [0.2, 0.25) is 0 Å². The van der Waals surface area contributed by atoms with Crippen LogP contribution in [0.25, 0.3) is 0 Å². The SMILES string of the molecule is CC1CCN(Cc2ccccc2)CCN1C(=O)OC(C)(C)C. The van der Waals surface area contributed by atoms with Gasteiger partial charge in [-0.05, 0) is 39.7 Å². The van der Waals surface area contributed by atoms with Gasteiger partial charge in [0.25, 0.3) is 0 Å². The van der Waals surface area contributed by atoms with Crippen molar-refractivity contribution < 1.29 is 9.53 Å². The van der Waals surface area contributed by atoms with E-state index in [1.165, 1.54) is 5.56 Å². The number of nitrogens with zero attached hydrogens (tertiary/aromatic N) is 2. The van der Waals surface area contributed by atoms with Crippen LogP contribution in [0.1, 0.15) is 39.7 Å². The van der Waals surface area contributed by atoms with E-state index >= 15 is 0 Å². The molecule has 4 nitrogen and oxygen atoms in total. The normalized spacial score (nSPS) is 20.5. The Hall–Kier alpha value is -1.55. The predicted molar refractivity (Wildman–Crippen MR) is 88.7 cm³/mol. The Kier molecular flexibility index (Phi) is 5.46. The molecule has 22 heavy (non-hydrogen) atoms. The fraction of sp³-hybridized carbons (Fsp3) is 0.611. The van der Waals surface area contributed by atoms with Crippen molar-refractivity contribution in [1.82, 2.24) is 9.80 Å². The third kappa shape index (κ3) is 5.02. The molecule has 0 bridgehead atoms. The van der Waals surface area contributed by atoms with Crippen molar-refractivity contribution in [2.45, 2.75) is 52.3 Å². The minimum Gasteiger partial charge on any atom is -0.444 e. The zero-order chi connectivity index (χ0) is 16.2. The topological polar surface area (TPSA) is 32.8 Å². The summed E-state index contributed by atoms with van der Waals surface area (Å²) in [6, 6.07) is 10.7. The molecule has 4 heteroatoms. The van der Waals surface area contributed by atoms with E-state index in [1.807, 2.05) is 31.7 Å². The zero-order valence-electron chi connectivity index (χ0n) is 14.2. The highest BCUT2D eigenvalue weighted by Crippen LogP contribution is 2.17. The Balaban J connectivity index is 1.94. The summed E-state index contributed by atoms with van der Waals surface area (Å²) >= 11 is 0. The summed E-state index contributed by atoms with van der Waals surface area (Å²) in [4.78, 5) is 16.6. The number of hydrogen-bond donors (Lipinski definition) is 0. The summed E-state index contributed by atoms with van der Waals surface area (Å²) in [6.07, 6.45) is 0.785. The molecule has 1 aliphatic heterocycles. The second-order valence-electron chi connectivity index (χ2n) is 7.07. The molecule has 0 aliphatic carbocycles. The van der Waals surface area contributed by atoms with Crippen LogP contribution >= 0.6 is 0 Å². The van der Waals surface area contributed by atoms with Crippen LogP contribution in [0.15, 0.2) is 30.3 Å². The van der Waals surface area contributed by atoms with Crippen LogP contribution in [0.2, 0.25) is 0 Å². The number of ether oxygens (including phenoxy) is 1. The van der Waals surface area contributed by atoms with Gasteiger partial charge in [-0.15, -0.1) is 0 Å². The standard InChI is InChI=1S/C18H28N2O2/c1-15-10-11-19(14-16-8-6-5-7-9-16)12-13-20(15)17(21)22-18(2,3)4/h5-9,15H,10-14H2,1-4H3. The molecule has 1 unspecified atom stereocenters. The summed E-state index contributed by atoms with van der Waals surface area (Å²) in [6.45, 7) is 11.4. The number of carbonyl (C=O) groups excluding carboxylic acids is 1. The summed E-state index contributed by atoms with van der Waals surface area (Å²) < 4.78 is 5.53.